The van der Waals surface area contributed by atoms with Crippen LogP contribution in [0.15, 0.2) is 66.9 Å². The molecule has 0 radical (unpaired) electrons. The number of pyridine rings is 1. The summed E-state index contributed by atoms with van der Waals surface area (Å²) in [7, 11) is 0. The number of hydrogen-bond acceptors (Lipinski definition) is 7. The number of benzene rings is 1. The highest BCUT2D eigenvalue weighted by molar-refractivity contribution is 5.90. The first-order valence-corrected chi connectivity index (χ1v) is 9.50. The highest BCUT2D eigenvalue weighted by atomic mass is 16.5. The summed E-state index contributed by atoms with van der Waals surface area (Å²) in [6, 6.07) is 18.8. The van der Waals surface area contributed by atoms with Crippen molar-refractivity contribution in [3.8, 4) is 5.75 Å². The number of amides is 1. The second-order valence-electron chi connectivity index (χ2n) is 6.59. The van der Waals surface area contributed by atoms with Gasteiger partial charge >= 0.3 is 0 Å². The monoisotopic (exact) mass is 390 g/mol. The number of rotatable bonds is 6. The van der Waals surface area contributed by atoms with Crippen molar-refractivity contribution in [3.05, 3.63) is 66.9 Å². The number of carbonyl (C=O) groups is 1. The SMILES string of the molecule is O=C(COc1ccccc1)Nc1ccc(N2CCN(c3ccccn3)CC2)nn1. The molecule has 1 saturated heterocycles. The number of para-hydroxylation sites is 1. The van der Waals surface area contributed by atoms with Gasteiger partial charge in [0.05, 0.1) is 0 Å². The van der Waals surface area contributed by atoms with Crippen LogP contribution < -0.4 is 19.9 Å². The molecule has 3 heterocycles. The summed E-state index contributed by atoms with van der Waals surface area (Å²) in [6.45, 7) is 3.33. The largest absolute Gasteiger partial charge is 0.484 e. The van der Waals surface area contributed by atoms with Gasteiger partial charge in [-0.15, -0.1) is 10.2 Å². The summed E-state index contributed by atoms with van der Waals surface area (Å²) in [5.74, 6) is 2.56. The zero-order valence-corrected chi connectivity index (χ0v) is 15.9. The maximum atomic E-state index is 12.0. The smallest absolute Gasteiger partial charge is 0.263 e. The molecule has 0 aliphatic carbocycles. The molecule has 0 saturated carbocycles. The van der Waals surface area contributed by atoms with E-state index in [0.29, 0.717) is 11.6 Å². The van der Waals surface area contributed by atoms with E-state index in [2.05, 4.69) is 30.3 Å². The van der Waals surface area contributed by atoms with Crippen LogP contribution in [0.5, 0.6) is 5.75 Å². The van der Waals surface area contributed by atoms with Crippen LogP contribution in [0, 0.1) is 0 Å². The standard InChI is InChI=1S/C21H22N6O2/c28-21(16-29-17-6-2-1-3-7-17)23-18-9-10-20(25-24-18)27-14-12-26(13-15-27)19-8-4-5-11-22-19/h1-11H,12-16H2,(H,23,24,28). The van der Waals surface area contributed by atoms with Crippen LogP contribution in [0.2, 0.25) is 0 Å². The van der Waals surface area contributed by atoms with Gasteiger partial charge in [-0.1, -0.05) is 24.3 Å². The lowest BCUT2D eigenvalue weighted by molar-refractivity contribution is -0.118. The van der Waals surface area contributed by atoms with Gasteiger partial charge in [-0.05, 0) is 36.4 Å². The molecule has 1 amide bonds. The van der Waals surface area contributed by atoms with Crippen LogP contribution in [-0.2, 0) is 4.79 Å². The molecule has 1 aromatic carbocycles. The predicted molar refractivity (Wildman–Crippen MR) is 111 cm³/mol. The van der Waals surface area contributed by atoms with Crippen molar-refractivity contribution >= 4 is 23.4 Å². The second kappa shape index (κ2) is 9.01. The maximum Gasteiger partial charge on any atom is 0.263 e. The van der Waals surface area contributed by atoms with Gasteiger partial charge < -0.3 is 19.9 Å². The minimum atomic E-state index is -0.278. The Balaban J connectivity index is 1.26. The molecule has 8 nitrogen and oxygen atoms in total. The molecule has 2 aromatic heterocycles. The fourth-order valence-corrected chi connectivity index (χ4v) is 3.11. The molecule has 8 heteroatoms. The number of ether oxygens (including phenoxy) is 1. The van der Waals surface area contributed by atoms with Crippen LogP contribution in [0.1, 0.15) is 0 Å². The molecule has 3 aromatic rings. The van der Waals surface area contributed by atoms with Gasteiger partial charge in [-0.3, -0.25) is 4.79 Å². The molecule has 1 fully saturated rings. The fourth-order valence-electron chi connectivity index (χ4n) is 3.11. The van der Waals surface area contributed by atoms with Gasteiger partial charge in [-0.25, -0.2) is 4.98 Å². The first kappa shape index (κ1) is 18.7. The van der Waals surface area contributed by atoms with E-state index in [9.17, 15) is 4.79 Å². The molecule has 0 bridgehead atoms. The van der Waals surface area contributed by atoms with Crippen LogP contribution in [0.3, 0.4) is 0 Å². The van der Waals surface area contributed by atoms with E-state index < -0.39 is 0 Å². The Kier molecular flexibility index (Phi) is 5.80. The molecule has 29 heavy (non-hydrogen) atoms. The van der Waals surface area contributed by atoms with E-state index >= 15 is 0 Å². The number of carbonyl (C=O) groups excluding carboxylic acids is 1. The third kappa shape index (κ3) is 4.98. The van der Waals surface area contributed by atoms with E-state index in [1.165, 1.54) is 0 Å². The van der Waals surface area contributed by atoms with Crippen LogP contribution >= 0.6 is 0 Å². The Bertz CT molecular complexity index is 913. The number of anilines is 3. The summed E-state index contributed by atoms with van der Waals surface area (Å²) in [5.41, 5.74) is 0. The summed E-state index contributed by atoms with van der Waals surface area (Å²) in [4.78, 5) is 20.9. The van der Waals surface area contributed by atoms with Crippen LogP contribution in [0.25, 0.3) is 0 Å². The van der Waals surface area contributed by atoms with Crippen molar-refractivity contribution in [2.24, 2.45) is 0 Å². The predicted octanol–water partition coefficient (Wildman–Crippen LogP) is 2.22. The fraction of sp³-hybridized carbons (Fsp3) is 0.238. The maximum absolute atomic E-state index is 12.0. The molecule has 148 valence electrons. The normalized spacial score (nSPS) is 13.8. The second-order valence-corrected chi connectivity index (χ2v) is 6.59. The molecule has 1 aliphatic rings. The quantitative estimate of drug-likeness (QED) is 0.691. The van der Waals surface area contributed by atoms with Crippen molar-refractivity contribution < 1.29 is 9.53 Å². The van der Waals surface area contributed by atoms with E-state index in [1.807, 2.05) is 48.7 Å². The first-order chi connectivity index (χ1) is 14.3. The minimum absolute atomic E-state index is 0.0804. The van der Waals surface area contributed by atoms with Crippen molar-refractivity contribution in [1.82, 2.24) is 15.2 Å². The van der Waals surface area contributed by atoms with Crippen molar-refractivity contribution in [1.29, 1.82) is 0 Å². The number of nitrogens with zero attached hydrogens (tertiary/aromatic N) is 5. The Morgan fingerprint density at radius 1 is 0.862 bits per heavy atom. The molecule has 4 rings (SSSR count). The Morgan fingerprint density at radius 2 is 1.59 bits per heavy atom. The zero-order valence-electron chi connectivity index (χ0n) is 15.9. The zero-order chi connectivity index (χ0) is 19.9. The molecule has 1 N–H and O–H groups in total. The molecular formula is C21H22N6O2. The number of aromatic nitrogens is 3. The van der Waals surface area contributed by atoms with Gasteiger partial charge in [0.15, 0.2) is 18.2 Å². The topological polar surface area (TPSA) is 83.5 Å². The third-order valence-corrected chi connectivity index (χ3v) is 4.61. The van der Waals surface area contributed by atoms with E-state index in [0.717, 1.165) is 37.8 Å². The molecule has 1 aliphatic heterocycles. The number of hydrogen-bond donors (Lipinski definition) is 1. The minimum Gasteiger partial charge on any atom is -0.484 e. The average Bonchev–Trinajstić information content (AvgIpc) is 2.80. The summed E-state index contributed by atoms with van der Waals surface area (Å²) >= 11 is 0. The van der Waals surface area contributed by atoms with Gasteiger partial charge in [0.1, 0.15) is 11.6 Å². The van der Waals surface area contributed by atoms with Gasteiger partial charge in [-0.2, -0.15) is 0 Å². The van der Waals surface area contributed by atoms with Crippen LogP contribution in [-0.4, -0.2) is 53.9 Å². The van der Waals surface area contributed by atoms with E-state index in [1.54, 1.807) is 18.2 Å². The van der Waals surface area contributed by atoms with Crippen molar-refractivity contribution in [3.63, 3.8) is 0 Å². The Morgan fingerprint density at radius 3 is 2.24 bits per heavy atom. The van der Waals surface area contributed by atoms with E-state index in [4.69, 9.17) is 4.74 Å². The average molecular weight is 390 g/mol. The summed E-state index contributed by atoms with van der Waals surface area (Å²) in [6.07, 6.45) is 1.81. The summed E-state index contributed by atoms with van der Waals surface area (Å²) < 4.78 is 5.43. The molecular weight excluding hydrogens is 368 g/mol. The highest BCUT2D eigenvalue weighted by Gasteiger charge is 2.19. The van der Waals surface area contributed by atoms with E-state index in [-0.39, 0.29) is 12.5 Å². The third-order valence-electron chi connectivity index (χ3n) is 4.61. The van der Waals surface area contributed by atoms with Crippen LogP contribution in [0.4, 0.5) is 17.5 Å². The molecule has 0 atom stereocenters. The lowest BCUT2D eigenvalue weighted by Crippen LogP contribution is -2.47. The van der Waals surface area contributed by atoms with Crippen molar-refractivity contribution in [2.45, 2.75) is 0 Å². The Hall–Kier alpha value is -3.68. The van der Waals surface area contributed by atoms with Gasteiger partial charge in [0, 0.05) is 32.4 Å². The first-order valence-electron chi connectivity index (χ1n) is 9.50. The number of piperazine rings is 1. The van der Waals surface area contributed by atoms with Gasteiger partial charge in [0.25, 0.3) is 5.91 Å². The number of nitrogens with one attached hydrogen (secondary N) is 1. The lowest BCUT2D eigenvalue weighted by atomic mass is 10.3. The highest BCUT2D eigenvalue weighted by Crippen LogP contribution is 2.17. The van der Waals surface area contributed by atoms with Gasteiger partial charge in [0.2, 0.25) is 0 Å². The summed E-state index contributed by atoms with van der Waals surface area (Å²) in [5, 5.41) is 11.1. The lowest BCUT2D eigenvalue weighted by Gasteiger charge is -2.35. The Labute approximate surface area is 169 Å². The molecule has 0 spiro atoms. The van der Waals surface area contributed by atoms with Crippen molar-refractivity contribution in [2.75, 3.05) is 47.9 Å². The molecule has 0 unspecified atom stereocenters.